The number of rotatable bonds is 7. The third-order valence-electron chi connectivity index (χ3n) is 5.43. The first kappa shape index (κ1) is 25.4. The molecule has 0 atom stereocenters. The highest BCUT2D eigenvalue weighted by atomic mass is 32.2. The number of thiophene rings is 1. The fourth-order valence-electron chi connectivity index (χ4n) is 3.78. The molecule has 0 aliphatic carbocycles. The second-order valence-electron chi connectivity index (χ2n) is 7.78. The molecule has 2 amide bonds. The molecule has 4 rings (SSSR count). The second kappa shape index (κ2) is 9.76. The number of aromatic nitrogens is 1. The monoisotopic (exact) mass is 536 g/mol. The predicted molar refractivity (Wildman–Crippen MR) is 141 cm³/mol. The highest BCUT2D eigenvalue weighted by Crippen LogP contribution is 2.45. The normalized spacial score (nSPS) is 11.1. The Balaban J connectivity index is 1.88. The number of carbonyl (C=O) groups is 2. The zero-order valence-electron chi connectivity index (χ0n) is 19.3. The number of carbonyl (C=O) groups excluding carboxylic acids is 2. The molecule has 37 heavy (non-hydrogen) atoms. The molecule has 0 radical (unpaired) electrons. The Labute approximate surface area is 215 Å². The minimum atomic E-state index is -3.94. The summed E-state index contributed by atoms with van der Waals surface area (Å²) in [5.41, 5.74) is 18.3. The predicted octanol–water partition coefficient (Wildman–Crippen LogP) is 2.52. The highest BCUT2D eigenvalue weighted by Gasteiger charge is 2.26. The zero-order valence-corrected chi connectivity index (χ0v) is 20.9. The van der Waals surface area contributed by atoms with E-state index in [1.807, 2.05) is 6.07 Å². The van der Waals surface area contributed by atoms with Crippen LogP contribution < -0.4 is 27.3 Å². The van der Waals surface area contributed by atoms with E-state index >= 15 is 0 Å². The number of nitrogen functional groups attached to an aromatic ring is 2. The third kappa shape index (κ3) is 4.75. The molecule has 4 aromatic rings. The van der Waals surface area contributed by atoms with Crippen molar-refractivity contribution in [3.8, 4) is 22.9 Å². The van der Waals surface area contributed by atoms with Crippen LogP contribution in [0.4, 0.5) is 17.2 Å². The van der Waals surface area contributed by atoms with Gasteiger partial charge in [0.05, 0.1) is 23.4 Å². The number of pyridine rings is 1. The molecule has 0 unspecified atom stereocenters. The number of nitriles is 1. The minimum Gasteiger partial charge on any atom is -0.497 e. The molecule has 2 aromatic carbocycles. The van der Waals surface area contributed by atoms with Crippen LogP contribution in [0.2, 0.25) is 0 Å². The number of hydrogen-bond donors (Lipinski definition) is 4. The van der Waals surface area contributed by atoms with Gasteiger partial charge in [0.25, 0.3) is 5.91 Å². The number of nitrogens with two attached hydrogens (primary N) is 3. The molecular weight excluding hydrogens is 516 g/mol. The topological polar surface area (TPSA) is 204 Å². The average Bonchev–Trinajstić information content (AvgIpc) is 3.19. The Morgan fingerprint density at radius 2 is 1.86 bits per heavy atom. The maximum atomic E-state index is 12.9. The van der Waals surface area contributed by atoms with E-state index in [1.54, 1.807) is 30.3 Å². The van der Waals surface area contributed by atoms with Crippen molar-refractivity contribution in [2.75, 3.05) is 29.6 Å². The Morgan fingerprint density at radius 3 is 2.49 bits per heavy atom. The van der Waals surface area contributed by atoms with Crippen LogP contribution in [0.5, 0.6) is 5.75 Å². The van der Waals surface area contributed by atoms with Crippen molar-refractivity contribution in [1.29, 1.82) is 5.26 Å². The lowest BCUT2D eigenvalue weighted by Gasteiger charge is -2.16. The smallest absolute Gasteiger partial charge is 0.260 e. The average molecular weight is 537 g/mol. The molecule has 7 N–H and O–H groups in total. The van der Waals surface area contributed by atoms with Crippen LogP contribution in [0.25, 0.3) is 21.3 Å². The van der Waals surface area contributed by atoms with E-state index in [4.69, 9.17) is 21.9 Å². The maximum absolute atomic E-state index is 12.9. The molecule has 188 valence electrons. The van der Waals surface area contributed by atoms with Gasteiger partial charge in [0, 0.05) is 22.6 Å². The van der Waals surface area contributed by atoms with E-state index in [0.717, 1.165) is 11.3 Å². The van der Waals surface area contributed by atoms with E-state index in [1.165, 1.54) is 25.3 Å². The van der Waals surface area contributed by atoms with Gasteiger partial charge in [-0.25, -0.2) is 13.4 Å². The number of nitrogens with one attached hydrogen (secondary N) is 1. The van der Waals surface area contributed by atoms with Gasteiger partial charge < -0.3 is 27.3 Å². The van der Waals surface area contributed by atoms with Gasteiger partial charge in [0.2, 0.25) is 5.91 Å². The van der Waals surface area contributed by atoms with Crippen LogP contribution in [0.1, 0.15) is 15.2 Å². The SMILES string of the molecule is COc1ccc(-c2c(C#N)c(N)nc3sc(C(N)=O)c(N)c23)c(NC(=O)CS(=O)(=O)c2ccccc2)c1. The summed E-state index contributed by atoms with van der Waals surface area (Å²) in [6.45, 7) is 0. The molecule has 0 aliphatic rings. The van der Waals surface area contributed by atoms with E-state index in [0.29, 0.717) is 5.75 Å². The van der Waals surface area contributed by atoms with Crippen molar-refractivity contribution in [1.82, 2.24) is 4.98 Å². The Bertz CT molecular complexity index is 1710. The number of nitrogens with zero attached hydrogens (tertiary/aromatic N) is 2. The summed E-state index contributed by atoms with van der Waals surface area (Å²) in [5.74, 6) is -2.22. The lowest BCUT2D eigenvalue weighted by Crippen LogP contribution is -2.23. The molecule has 0 saturated heterocycles. The number of anilines is 3. The van der Waals surface area contributed by atoms with Gasteiger partial charge >= 0.3 is 0 Å². The quantitative estimate of drug-likeness (QED) is 0.273. The van der Waals surface area contributed by atoms with Crippen LogP contribution >= 0.6 is 11.3 Å². The van der Waals surface area contributed by atoms with Gasteiger partial charge in [-0.15, -0.1) is 11.3 Å². The van der Waals surface area contributed by atoms with Crippen LogP contribution in [0.15, 0.2) is 53.4 Å². The zero-order chi connectivity index (χ0) is 26.9. The molecule has 0 aliphatic heterocycles. The number of sulfone groups is 1. The van der Waals surface area contributed by atoms with Crippen molar-refractivity contribution in [3.05, 3.63) is 59.0 Å². The van der Waals surface area contributed by atoms with Gasteiger partial charge in [-0.05, 0) is 24.3 Å². The lowest BCUT2D eigenvalue weighted by atomic mass is 9.95. The minimum absolute atomic E-state index is 0.00331. The number of benzene rings is 2. The molecule has 13 heteroatoms. The first-order chi connectivity index (χ1) is 17.6. The van der Waals surface area contributed by atoms with Gasteiger partial charge in [0.15, 0.2) is 9.84 Å². The lowest BCUT2D eigenvalue weighted by molar-refractivity contribution is -0.113. The van der Waals surface area contributed by atoms with Crippen LogP contribution in [-0.4, -0.2) is 38.1 Å². The fourth-order valence-corrected chi connectivity index (χ4v) is 5.90. The second-order valence-corrected chi connectivity index (χ2v) is 10.8. The van der Waals surface area contributed by atoms with Gasteiger partial charge in [0.1, 0.15) is 38.7 Å². The van der Waals surface area contributed by atoms with E-state index in [2.05, 4.69) is 10.3 Å². The maximum Gasteiger partial charge on any atom is 0.260 e. The number of hydrogen-bond acceptors (Lipinski definition) is 10. The Hall–Kier alpha value is -4.67. The molecule has 11 nitrogen and oxygen atoms in total. The van der Waals surface area contributed by atoms with Crippen molar-refractivity contribution in [2.24, 2.45) is 5.73 Å². The van der Waals surface area contributed by atoms with Gasteiger partial charge in [-0.2, -0.15) is 5.26 Å². The number of primary amides is 1. The summed E-state index contributed by atoms with van der Waals surface area (Å²) in [7, 11) is -2.52. The standard InChI is InChI=1S/C24H20N6O5S2/c1-35-12-7-8-14(16(9-12)29-17(31)11-37(33,34)13-5-3-2-4-6-13)18-15(10-25)22(27)30-24-19(18)20(26)21(36-24)23(28)32/h2-9H,11,26H2,1H3,(H2,27,30)(H2,28,32)(H,29,31). The number of amides is 2. The number of fused-ring (bicyclic) bond motifs is 1. The first-order valence-electron chi connectivity index (χ1n) is 10.5. The summed E-state index contributed by atoms with van der Waals surface area (Å²) in [5, 5.41) is 12.7. The largest absolute Gasteiger partial charge is 0.497 e. The molecule has 0 fully saturated rings. The number of ether oxygens (including phenoxy) is 1. The highest BCUT2D eigenvalue weighted by molar-refractivity contribution is 7.92. The summed E-state index contributed by atoms with van der Waals surface area (Å²) >= 11 is 0.916. The van der Waals surface area contributed by atoms with Crippen molar-refractivity contribution >= 4 is 60.4 Å². The summed E-state index contributed by atoms with van der Waals surface area (Å²) in [6.07, 6.45) is 0. The molecule has 0 saturated carbocycles. The fraction of sp³-hybridized carbons (Fsp3) is 0.0833. The van der Waals surface area contributed by atoms with Gasteiger partial charge in [-0.3, -0.25) is 9.59 Å². The molecule has 2 aromatic heterocycles. The number of methoxy groups -OCH3 is 1. The van der Waals surface area contributed by atoms with Crippen molar-refractivity contribution in [3.63, 3.8) is 0 Å². The Kier molecular flexibility index (Phi) is 6.71. The van der Waals surface area contributed by atoms with E-state index in [-0.39, 0.29) is 53.9 Å². The van der Waals surface area contributed by atoms with Crippen LogP contribution in [0.3, 0.4) is 0 Å². The van der Waals surface area contributed by atoms with Crippen molar-refractivity contribution < 1.29 is 22.7 Å². The summed E-state index contributed by atoms with van der Waals surface area (Å²) in [6, 6.07) is 14.1. The molecule has 2 heterocycles. The van der Waals surface area contributed by atoms with Gasteiger partial charge in [-0.1, -0.05) is 18.2 Å². The first-order valence-corrected chi connectivity index (χ1v) is 13.0. The van der Waals surface area contributed by atoms with E-state index < -0.39 is 27.4 Å². The molecule has 0 bridgehead atoms. The van der Waals surface area contributed by atoms with Crippen LogP contribution in [0, 0.1) is 11.3 Å². The van der Waals surface area contributed by atoms with E-state index in [9.17, 15) is 23.3 Å². The molecular formula is C24H20N6O5S2. The third-order valence-corrected chi connectivity index (χ3v) is 8.18. The summed E-state index contributed by atoms with van der Waals surface area (Å²) < 4.78 is 30.7. The van der Waals surface area contributed by atoms with Crippen molar-refractivity contribution in [2.45, 2.75) is 4.90 Å². The molecule has 0 spiro atoms. The Morgan fingerprint density at radius 1 is 1.16 bits per heavy atom. The van der Waals surface area contributed by atoms with Crippen LogP contribution in [-0.2, 0) is 14.6 Å². The summed E-state index contributed by atoms with van der Waals surface area (Å²) in [4.78, 5) is 29.3.